The van der Waals surface area contributed by atoms with Gasteiger partial charge in [-0.3, -0.25) is 0 Å². The van der Waals surface area contributed by atoms with Crippen molar-refractivity contribution in [2.45, 2.75) is 25.4 Å². The van der Waals surface area contributed by atoms with E-state index in [0.29, 0.717) is 6.61 Å². The fourth-order valence-electron chi connectivity index (χ4n) is 2.26. The van der Waals surface area contributed by atoms with Crippen LogP contribution in [0, 0.1) is 12.3 Å². The van der Waals surface area contributed by atoms with Crippen molar-refractivity contribution in [2.24, 2.45) is 0 Å². The zero-order valence-corrected chi connectivity index (χ0v) is 11.9. The van der Waals surface area contributed by atoms with Crippen LogP contribution in [0.25, 0.3) is 0 Å². The van der Waals surface area contributed by atoms with Crippen molar-refractivity contribution in [3.63, 3.8) is 0 Å². The van der Waals surface area contributed by atoms with Gasteiger partial charge in [-0.2, -0.15) is 0 Å². The van der Waals surface area contributed by atoms with E-state index in [2.05, 4.69) is 12.8 Å². The van der Waals surface area contributed by atoms with E-state index in [1.807, 2.05) is 60.7 Å². The van der Waals surface area contributed by atoms with Gasteiger partial charge in [-0.25, -0.2) is 0 Å². The maximum absolute atomic E-state index is 6.16. The summed E-state index contributed by atoms with van der Waals surface area (Å²) in [5.74, 6) is 2.88. The molecule has 2 aromatic carbocycles. The van der Waals surface area contributed by atoms with Crippen LogP contribution >= 0.6 is 0 Å². The molecule has 0 radical (unpaired) electrons. The Morgan fingerprint density at radius 3 is 1.85 bits per heavy atom. The number of benzene rings is 2. The molecule has 1 nitrogen and oxygen atoms in total. The number of rotatable bonds is 6. The predicted octanol–water partition coefficient (Wildman–Crippen LogP) is 4.38. The van der Waals surface area contributed by atoms with Crippen molar-refractivity contribution in [3.8, 4) is 12.3 Å². The number of terminal acetylenes is 1. The SMILES string of the molecule is C#CC(OCCCC)(c1ccccc1)c1ccccc1. The largest absolute Gasteiger partial charge is 0.354 e. The number of hydrogen-bond acceptors (Lipinski definition) is 1. The van der Waals surface area contributed by atoms with Crippen LogP contribution in [0.15, 0.2) is 60.7 Å². The summed E-state index contributed by atoms with van der Waals surface area (Å²) in [4.78, 5) is 0. The van der Waals surface area contributed by atoms with E-state index in [4.69, 9.17) is 11.2 Å². The number of hydrogen-bond donors (Lipinski definition) is 0. The Kier molecular flexibility index (Phi) is 4.98. The Labute approximate surface area is 121 Å². The van der Waals surface area contributed by atoms with Crippen LogP contribution in [0.4, 0.5) is 0 Å². The fourth-order valence-corrected chi connectivity index (χ4v) is 2.26. The zero-order valence-electron chi connectivity index (χ0n) is 11.9. The highest BCUT2D eigenvalue weighted by atomic mass is 16.5. The molecule has 0 aliphatic heterocycles. The smallest absolute Gasteiger partial charge is 0.179 e. The molecule has 102 valence electrons. The van der Waals surface area contributed by atoms with Crippen LogP contribution < -0.4 is 0 Å². The lowest BCUT2D eigenvalue weighted by Gasteiger charge is -2.30. The predicted molar refractivity (Wildman–Crippen MR) is 83.4 cm³/mol. The third kappa shape index (κ3) is 2.92. The highest BCUT2D eigenvalue weighted by Crippen LogP contribution is 2.33. The summed E-state index contributed by atoms with van der Waals surface area (Å²) in [5.41, 5.74) is 1.21. The Morgan fingerprint density at radius 2 is 1.45 bits per heavy atom. The number of unbranched alkanes of at least 4 members (excludes halogenated alkanes) is 1. The monoisotopic (exact) mass is 264 g/mol. The first-order valence-corrected chi connectivity index (χ1v) is 7.06. The molecule has 1 heteroatoms. The Morgan fingerprint density at radius 1 is 0.950 bits per heavy atom. The summed E-state index contributed by atoms with van der Waals surface area (Å²) in [6, 6.07) is 20.1. The van der Waals surface area contributed by atoms with Crippen molar-refractivity contribution >= 4 is 0 Å². The first-order valence-electron chi connectivity index (χ1n) is 7.06. The van der Waals surface area contributed by atoms with Gasteiger partial charge in [0.05, 0.1) is 0 Å². The van der Waals surface area contributed by atoms with Crippen LogP contribution in [0.2, 0.25) is 0 Å². The minimum atomic E-state index is -0.794. The molecule has 0 aliphatic rings. The average Bonchev–Trinajstić information content (AvgIpc) is 2.54. The average molecular weight is 264 g/mol. The van der Waals surface area contributed by atoms with Gasteiger partial charge in [-0.05, 0) is 6.42 Å². The van der Waals surface area contributed by atoms with Gasteiger partial charge in [0, 0.05) is 17.7 Å². The molecule has 0 heterocycles. The summed E-state index contributed by atoms with van der Waals surface area (Å²) in [5, 5.41) is 0. The van der Waals surface area contributed by atoms with Crippen molar-refractivity contribution < 1.29 is 4.74 Å². The molecule has 2 aromatic rings. The normalized spacial score (nSPS) is 11.0. The van der Waals surface area contributed by atoms with E-state index in [9.17, 15) is 0 Å². The number of ether oxygens (including phenoxy) is 1. The molecule has 0 aliphatic carbocycles. The van der Waals surface area contributed by atoms with E-state index in [-0.39, 0.29) is 0 Å². The van der Waals surface area contributed by atoms with Crippen LogP contribution in [0.1, 0.15) is 30.9 Å². The van der Waals surface area contributed by atoms with Crippen molar-refractivity contribution in [2.75, 3.05) is 6.61 Å². The molecule has 0 fully saturated rings. The Hall–Kier alpha value is -2.04. The van der Waals surface area contributed by atoms with Gasteiger partial charge in [-0.15, -0.1) is 6.42 Å². The molecule has 0 saturated heterocycles. The van der Waals surface area contributed by atoms with Crippen LogP contribution in [-0.2, 0) is 10.3 Å². The van der Waals surface area contributed by atoms with Crippen LogP contribution in [0.5, 0.6) is 0 Å². The zero-order chi connectivity index (χ0) is 14.3. The Balaban J connectivity index is 2.45. The van der Waals surface area contributed by atoms with E-state index < -0.39 is 5.60 Å². The van der Waals surface area contributed by atoms with Gasteiger partial charge in [0.15, 0.2) is 5.60 Å². The standard InChI is InChI=1S/C19H20O/c1-3-5-16-20-19(4-2,17-12-8-6-9-13-17)18-14-10-7-11-15-18/h2,6-15H,3,5,16H2,1H3. The van der Waals surface area contributed by atoms with Crippen molar-refractivity contribution in [3.05, 3.63) is 71.8 Å². The molecule has 0 atom stereocenters. The van der Waals surface area contributed by atoms with Gasteiger partial charge in [-0.1, -0.05) is 79.9 Å². The van der Waals surface area contributed by atoms with Gasteiger partial charge in [0.25, 0.3) is 0 Å². The Bertz CT molecular complexity index is 512. The third-order valence-electron chi connectivity index (χ3n) is 3.38. The van der Waals surface area contributed by atoms with Crippen molar-refractivity contribution in [1.82, 2.24) is 0 Å². The molecular formula is C19H20O. The minimum absolute atomic E-state index is 0.657. The lowest BCUT2D eigenvalue weighted by atomic mass is 9.87. The van der Waals surface area contributed by atoms with E-state index in [1.165, 1.54) is 0 Å². The second-order valence-electron chi connectivity index (χ2n) is 4.76. The van der Waals surface area contributed by atoms with E-state index in [0.717, 1.165) is 24.0 Å². The van der Waals surface area contributed by atoms with Gasteiger partial charge in [0.1, 0.15) is 0 Å². The van der Waals surface area contributed by atoms with Gasteiger partial charge < -0.3 is 4.74 Å². The molecule has 0 saturated carbocycles. The molecule has 0 amide bonds. The first kappa shape index (κ1) is 14.4. The summed E-state index contributed by atoms with van der Waals surface area (Å²) >= 11 is 0. The maximum Gasteiger partial charge on any atom is 0.179 e. The van der Waals surface area contributed by atoms with Gasteiger partial charge in [0.2, 0.25) is 0 Å². The van der Waals surface area contributed by atoms with Crippen molar-refractivity contribution in [1.29, 1.82) is 0 Å². The molecule has 2 rings (SSSR count). The molecule has 0 spiro atoms. The van der Waals surface area contributed by atoms with Crippen LogP contribution in [-0.4, -0.2) is 6.61 Å². The first-order chi connectivity index (χ1) is 9.83. The maximum atomic E-state index is 6.16. The summed E-state index contributed by atoms with van der Waals surface area (Å²) in [6.07, 6.45) is 7.97. The van der Waals surface area contributed by atoms with E-state index in [1.54, 1.807) is 0 Å². The lowest BCUT2D eigenvalue weighted by molar-refractivity contribution is 0.0248. The molecule has 0 bridgehead atoms. The van der Waals surface area contributed by atoms with Crippen LogP contribution in [0.3, 0.4) is 0 Å². The molecule has 20 heavy (non-hydrogen) atoms. The topological polar surface area (TPSA) is 9.23 Å². The molecule has 0 unspecified atom stereocenters. The molecular weight excluding hydrogens is 244 g/mol. The second-order valence-corrected chi connectivity index (χ2v) is 4.76. The third-order valence-corrected chi connectivity index (χ3v) is 3.38. The fraction of sp³-hybridized carbons (Fsp3) is 0.263. The molecule has 0 N–H and O–H groups in total. The summed E-state index contributed by atoms with van der Waals surface area (Å²) in [6.45, 7) is 2.80. The summed E-state index contributed by atoms with van der Waals surface area (Å²) in [7, 11) is 0. The summed E-state index contributed by atoms with van der Waals surface area (Å²) < 4.78 is 6.16. The highest BCUT2D eigenvalue weighted by Gasteiger charge is 2.32. The molecule has 0 aromatic heterocycles. The minimum Gasteiger partial charge on any atom is -0.354 e. The second kappa shape index (κ2) is 6.93. The van der Waals surface area contributed by atoms with E-state index >= 15 is 0 Å². The lowest BCUT2D eigenvalue weighted by Crippen LogP contribution is -2.30. The van der Waals surface area contributed by atoms with Gasteiger partial charge >= 0.3 is 0 Å². The highest BCUT2D eigenvalue weighted by molar-refractivity contribution is 5.44. The quantitative estimate of drug-likeness (QED) is 0.555.